The molecule has 6 heteroatoms. The minimum Gasteiger partial charge on any atom is -0.493 e. The predicted octanol–water partition coefficient (Wildman–Crippen LogP) is -0.284. The quantitative estimate of drug-likeness (QED) is 0.482. The van der Waals surface area contributed by atoms with E-state index in [4.69, 9.17) is 0 Å². The van der Waals surface area contributed by atoms with Gasteiger partial charge in [0.15, 0.2) is 0 Å². The lowest BCUT2D eigenvalue weighted by molar-refractivity contribution is 0.191. The number of hydrogen-bond acceptors (Lipinski definition) is 4. The van der Waals surface area contributed by atoms with Crippen molar-refractivity contribution < 1.29 is 9.90 Å². The van der Waals surface area contributed by atoms with E-state index in [-0.39, 0.29) is 18.0 Å². The fraction of sp³-hybridized carbons (Fsp3) is 0.429. The number of aliphatic hydroxyl groups is 1. The van der Waals surface area contributed by atoms with E-state index in [1.165, 1.54) is 4.90 Å². The summed E-state index contributed by atoms with van der Waals surface area (Å²) in [6.07, 6.45) is 0. The lowest BCUT2D eigenvalue weighted by Gasteiger charge is -2.29. The molecule has 0 aromatic carbocycles. The van der Waals surface area contributed by atoms with Crippen LogP contribution in [0.4, 0.5) is 4.79 Å². The van der Waals surface area contributed by atoms with Crippen LogP contribution in [0.1, 0.15) is 6.92 Å². The number of hydrogen-bond donors (Lipinski definition) is 3. The molecule has 6 nitrogen and oxygen atoms in total. The van der Waals surface area contributed by atoms with Crippen LogP contribution in [0.25, 0.3) is 0 Å². The molecule has 2 rings (SSSR count). The standard InChI is InChI=1S/C7H10N4O2/c1-3-5-4(10-9-3)6(12)8-7(13)11(5)2/h5,10,12H,1-2H3,(H,8,13). The largest absolute Gasteiger partial charge is 0.493 e. The van der Waals surface area contributed by atoms with Crippen molar-refractivity contribution in [1.82, 2.24) is 15.6 Å². The van der Waals surface area contributed by atoms with Crippen LogP contribution in [-0.4, -0.2) is 34.8 Å². The second kappa shape index (κ2) is 2.38. The molecular weight excluding hydrogens is 172 g/mol. The van der Waals surface area contributed by atoms with Crippen molar-refractivity contribution >= 4 is 11.7 Å². The SMILES string of the molecule is CC1=NNC2=C(O)NC(=O)N(C)C12. The van der Waals surface area contributed by atoms with E-state index in [0.29, 0.717) is 5.70 Å². The van der Waals surface area contributed by atoms with Gasteiger partial charge in [-0.15, -0.1) is 0 Å². The summed E-state index contributed by atoms with van der Waals surface area (Å²) in [5.41, 5.74) is 3.96. The van der Waals surface area contributed by atoms with E-state index in [1.54, 1.807) is 14.0 Å². The van der Waals surface area contributed by atoms with Crippen LogP contribution in [0.2, 0.25) is 0 Å². The van der Waals surface area contributed by atoms with Crippen molar-refractivity contribution in [1.29, 1.82) is 0 Å². The average Bonchev–Trinajstić information content (AvgIpc) is 2.44. The molecule has 0 aromatic heterocycles. The van der Waals surface area contributed by atoms with Crippen LogP contribution in [0.5, 0.6) is 0 Å². The van der Waals surface area contributed by atoms with E-state index in [2.05, 4.69) is 15.8 Å². The molecule has 3 N–H and O–H groups in total. The maximum Gasteiger partial charge on any atom is 0.324 e. The third kappa shape index (κ3) is 0.947. The van der Waals surface area contributed by atoms with Crippen molar-refractivity contribution in [3.8, 4) is 0 Å². The van der Waals surface area contributed by atoms with Gasteiger partial charge in [0.1, 0.15) is 11.7 Å². The monoisotopic (exact) mass is 182 g/mol. The Bertz CT molecular complexity index is 333. The van der Waals surface area contributed by atoms with Gasteiger partial charge in [0.05, 0.1) is 5.71 Å². The number of hydrazone groups is 1. The first-order valence-electron chi connectivity index (χ1n) is 3.88. The van der Waals surface area contributed by atoms with Gasteiger partial charge in [-0.3, -0.25) is 10.7 Å². The zero-order valence-electron chi connectivity index (χ0n) is 7.33. The summed E-state index contributed by atoms with van der Waals surface area (Å²) in [5, 5.41) is 15.6. The van der Waals surface area contributed by atoms with E-state index in [0.717, 1.165) is 5.71 Å². The molecule has 0 aliphatic carbocycles. The number of carbonyl (C=O) groups excluding carboxylic acids is 1. The Hall–Kier alpha value is -1.72. The van der Waals surface area contributed by atoms with Crippen LogP contribution < -0.4 is 10.7 Å². The van der Waals surface area contributed by atoms with Gasteiger partial charge in [-0.2, -0.15) is 5.10 Å². The first-order valence-corrected chi connectivity index (χ1v) is 3.88. The molecule has 0 spiro atoms. The first-order chi connectivity index (χ1) is 6.11. The minimum atomic E-state index is -0.329. The number of fused-ring (bicyclic) bond motifs is 1. The second-order valence-electron chi connectivity index (χ2n) is 3.07. The van der Waals surface area contributed by atoms with Gasteiger partial charge < -0.3 is 10.0 Å². The molecule has 0 fully saturated rings. The summed E-state index contributed by atoms with van der Waals surface area (Å²) in [6, 6.07) is -0.585. The van der Waals surface area contributed by atoms with Gasteiger partial charge in [0.2, 0.25) is 5.88 Å². The molecule has 1 unspecified atom stereocenters. The number of carbonyl (C=O) groups is 1. The third-order valence-electron chi connectivity index (χ3n) is 2.21. The van der Waals surface area contributed by atoms with Crippen LogP contribution in [0, 0.1) is 0 Å². The van der Waals surface area contributed by atoms with Crippen LogP contribution in [0.15, 0.2) is 16.7 Å². The predicted molar refractivity (Wildman–Crippen MR) is 46.0 cm³/mol. The molecule has 0 saturated carbocycles. The normalized spacial score (nSPS) is 26.6. The summed E-state index contributed by atoms with van der Waals surface area (Å²) in [6.45, 7) is 1.80. The Balaban J connectivity index is 2.44. The Morgan fingerprint density at radius 1 is 1.62 bits per heavy atom. The van der Waals surface area contributed by atoms with Gasteiger partial charge >= 0.3 is 6.03 Å². The highest BCUT2D eigenvalue weighted by Gasteiger charge is 2.37. The number of aliphatic hydroxyl groups excluding tert-OH is 1. The molecule has 2 aliphatic heterocycles. The van der Waals surface area contributed by atoms with Gasteiger partial charge in [-0.05, 0) is 6.92 Å². The molecule has 13 heavy (non-hydrogen) atoms. The van der Waals surface area contributed by atoms with Crippen LogP contribution >= 0.6 is 0 Å². The Morgan fingerprint density at radius 2 is 2.31 bits per heavy atom. The maximum absolute atomic E-state index is 11.2. The molecule has 0 bridgehead atoms. The number of rotatable bonds is 0. The maximum atomic E-state index is 11.2. The van der Waals surface area contributed by atoms with Gasteiger partial charge in [-0.1, -0.05) is 0 Å². The fourth-order valence-electron chi connectivity index (χ4n) is 1.51. The summed E-state index contributed by atoms with van der Waals surface area (Å²) in [4.78, 5) is 12.7. The molecule has 1 atom stereocenters. The van der Waals surface area contributed by atoms with Crippen molar-refractivity contribution in [2.45, 2.75) is 13.0 Å². The molecule has 2 aliphatic rings. The van der Waals surface area contributed by atoms with E-state index in [9.17, 15) is 9.90 Å². The number of nitrogens with one attached hydrogen (secondary N) is 2. The number of nitrogens with zero attached hydrogens (tertiary/aromatic N) is 2. The molecule has 70 valence electrons. The topological polar surface area (TPSA) is 77.0 Å². The number of urea groups is 1. The van der Waals surface area contributed by atoms with Crippen molar-refractivity contribution in [2.24, 2.45) is 5.10 Å². The van der Waals surface area contributed by atoms with E-state index >= 15 is 0 Å². The third-order valence-corrected chi connectivity index (χ3v) is 2.21. The number of likely N-dealkylation sites (N-methyl/N-ethyl adjacent to an activating group) is 1. The Morgan fingerprint density at radius 3 is 3.00 bits per heavy atom. The molecular formula is C7H10N4O2. The summed E-state index contributed by atoms with van der Waals surface area (Å²) >= 11 is 0. The van der Waals surface area contributed by atoms with Crippen LogP contribution in [-0.2, 0) is 0 Å². The Labute approximate surface area is 74.9 Å². The summed E-state index contributed by atoms with van der Waals surface area (Å²) in [5.74, 6) is -0.145. The molecule has 0 saturated heterocycles. The highest BCUT2D eigenvalue weighted by molar-refractivity contribution is 5.96. The smallest absolute Gasteiger partial charge is 0.324 e. The van der Waals surface area contributed by atoms with Gasteiger partial charge in [0, 0.05) is 7.05 Å². The van der Waals surface area contributed by atoms with Crippen molar-refractivity contribution in [2.75, 3.05) is 7.05 Å². The lowest BCUT2D eigenvalue weighted by Crippen LogP contribution is -2.51. The minimum absolute atomic E-state index is 0.145. The fourth-order valence-corrected chi connectivity index (χ4v) is 1.51. The zero-order valence-corrected chi connectivity index (χ0v) is 7.33. The molecule has 0 aromatic rings. The lowest BCUT2D eigenvalue weighted by atomic mass is 10.1. The molecule has 2 heterocycles. The summed E-state index contributed by atoms with van der Waals surface area (Å²) < 4.78 is 0. The van der Waals surface area contributed by atoms with Crippen LogP contribution in [0.3, 0.4) is 0 Å². The van der Waals surface area contributed by atoms with Crippen molar-refractivity contribution in [3.63, 3.8) is 0 Å². The van der Waals surface area contributed by atoms with Crippen molar-refractivity contribution in [3.05, 3.63) is 11.6 Å². The van der Waals surface area contributed by atoms with Gasteiger partial charge in [0.25, 0.3) is 0 Å². The second-order valence-corrected chi connectivity index (χ2v) is 3.07. The highest BCUT2D eigenvalue weighted by atomic mass is 16.3. The first kappa shape index (κ1) is 7.90. The summed E-state index contributed by atoms with van der Waals surface area (Å²) in [7, 11) is 1.65. The van der Waals surface area contributed by atoms with Gasteiger partial charge in [-0.25, -0.2) is 4.79 Å². The molecule has 2 amide bonds. The Kier molecular flexibility index (Phi) is 1.45. The van der Waals surface area contributed by atoms with E-state index < -0.39 is 0 Å². The molecule has 0 radical (unpaired) electrons. The average molecular weight is 182 g/mol. The van der Waals surface area contributed by atoms with E-state index in [1.807, 2.05) is 0 Å². The number of amides is 2. The zero-order chi connectivity index (χ0) is 9.59. The highest BCUT2D eigenvalue weighted by Crippen LogP contribution is 2.20.